The third-order valence-corrected chi connectivity index (χ3v) is 5.97. The normalized spacial score (nSPS) is 24.9. The third kappa shape index (κ3) is 5.53. The molecule has 0 spiro atoms. The van der Waals surface area contributed by atoms with Gasteiger partial charge in [0, 0.05) is 30.4 Å². The van der Waals surface area contributed by atoms with E-state index >= 15 is 0 Å². The van der Waals surface area contributed by atoms with E-state index in [1.807, 2.05) is 6.07 Å². The Hall–Kier alpha value is -2.23. The topological polar surface area (TPSA) is 58.6 Å². The van der Waals surface area contributed by atoms with E-state index in [0.29, 0.717) is 6.04 Å². The maximum atomic E-state index is 13.1. The van der Waals surface area contributed by atoms with Gasteiger partial charge in [0.05, 0.1) is 6.54 Å². The van der Waals surface area contributed by atoms with Crippen LogP contribution in [0.2, 0.25) is 0 Å². The number of alkyl halides is 5. The zero-order valence-electron chi connectivity index (χ0n) is 16.6. The Morgan fingerprint density at radius 3 is 2.48 bits per heavy atom. The highest BCUT2D eigenvalue weighted by Gasteiger charge is 2.48. The Balaban J connectivity index is 1.43. The lowest BCUT2D eigenvalue weighted by Crippen LogP contribution is -2.46. The molecule has 170 valence electrons. The van der Waals surface area contributed by atoms with E-state index in [0.717, 1.165) is 24.4 Å². The summed E-state index contributed by atoms with van der Waals surface area (Å²) in [6.07, 6.45) is -3.10. The number of halogens is 5. The molecule has 1 aromatic rings. The predicted molar refractivity (Wildman–Crippen MR) is 99.2 cm³/mol. The monoisotopic (exact) mass is 446 g/mol. The molecule has 0 aliphatic heterocycles. The first-order chi connectivity index (χ1) is 14.5. The Kier molecular flexibility index (Phi) is 5.70. The lowest BCUT2D eigenvalue weighted by atomic mass is 9.81. The number of nitrogens with one attached hydrogen (secondary N) is 1. The van der Waals surface area contributed by atoms with Crippen LogP contribution in [0.3, 0.4) is 0 Å². The van der Waals surface area contributed by atoms with Crippen molar-refractivity contribution in [2.75, 3.05) is 13.1 Å². The second kappa shape index (κ2) is 8.03. The van der Waals surface area contributed by atoms with Gasteiger partial charge in [-0.1, -0.05) is 12.1 Å². The highest BCUT2D eigenvalue weighted by atomic mass is 19.4. The Morgan fingerprint density at radius 1 is 1.16 bits per heavy atom. The molecule has 1 aromatic carbocycles. The summed E-state index contributed by atoms with van der Waals surface area (Å²) >= 11 is 0. The molecule has 2 unspecified atom stereocenters. The summed E-state index contributed by atoms with van der Waals surface area (Å²) < 4.78 is 64.2. The van der Waals surface area contributed by atoms with Crippen molar-refractivity contribution in [1.29, 1.82) is 0 Å². The molecule has 3 aliphatic rings. The SMILES string of the molecule is O=C(c1cccc(C2CC2NCC2CC2)c1)N(CC1CC(F)(F)C1)OC(=O)C(F)(F)F. The van der Waals surface area contributed by atoms with E-state index in [1.165, 1.54) is 18.9 Å². The molecular weight excluding hydrogens is 423 g/mol. The minimum absolute atomic E-state index is 0.0476. The summed E-state index contributed by atoms with van der Waals surface area (Å²) in [7, 11) is 0. The van der Waals surface area contributed by atoms with Crippen LogP contribution in [0.25, 0.3) is 0 Å². The number of hydrogen-bond acceptors (Lipinski definition) is 4. The van der Waals surface area contributed by atoms with Crippen LogP contribution in [0, 0.1) is 11.8 Å². The molecule has 0 saturated heterocycles. The van der Waals surface area contributed by atoms with Gasteiger partial charge >= 0.3 is 12.1 Å². The van der Waals surface area contributed by atoms with Crippen LogP contribution in [0.4, 0.5) is 22.0 Å². The Bertz CT molecular complexity index is 848. The molecule has 1 amide bonds. The smallest absolute Gasteiger partial charge is 0.329 e. The van der Waals surface area contributed by atoms with Crippen molar-refractivity contribution >= 4 is 11.9 Å². The molecule has 5 nitrogen and oxygen atoms in total. The summed E-state index contributed by atoms with van der Waals surface area (Å²) in [5.41, 5.74) is 0.905. The number of benzene rings is 1. The first kappa shape index (κ1) is 22.0. The van der Waals surface area contributed by atoms with Crippen LogP contribution in [0.5, 0.6) is 0 Å². The molecule has 0 radical (unpaired) electrons. The summed E-state index contributed by atoms with van der Waals surface area (Å²) in [5, 5.41) is 3.74. The molecule has 10 heteroatoms. The Morgan fingerprint density at radius 2 is 1.87 bits per heavy atom. The first-order valence-electron chi connectivity index (χ1n) is 10.3. The minimum Gasteiger partial charge on any atom is -0.329 e. The number of hydrogen-bond donors (Lipinski definition) is 1. The van der Waals surface area contributed by atoms with Gasteiger partial charge in [-0.2, -0.15) is 18.2 Å². The van der Waals surface area contributed by atoms with Gasteiger partial charge < -0.3 is 10.2 Å². The van der Waals surface area contributed by atoms with Gasteiger partial charge in [0.1, 0.15) is 0 Å². The molecule has 2 atom stereocenters. The average Bonchev–Trinajstić information content (AvgIpc) is 3.57. The highest BCUT2D eigenvalue weighted by molar-refractivity contribution is 5.94. The summed E-state index contributed by atoms with van der Waals surface area (Å²) in [6, 6.07) is 6.71. The molecule has 0 bridgehead atoms. The molecule has 1 N–H and O–H groups in total. The van der Waals surface area contributed by atoms with Crippen molar-refractivity contribution in [2.45, 2.75) is 56.2 Å². The van der Waals surface area contributed by atoms with Gasteiger partial charge in [0.2, 0.25) is 5.92 Å². The molecule has 31 heavy (non-hydrogen) atoms. The lowest BCUT2D eigenvalue weighted by Gasteiger charge is -2.37. The summed E-state index contributed by atoms with van der Waals surface area (Å²) in [6.45, 7) is 0.433. The lowest BCUT2D eigenvalue weighted by molar-refractivity contribution is -0.233. The fraction of sp³-hybridized carbons (Fsp3) is 0.619. The van der Waals surface area contributed by atoms with E-state index in [2.05, 4.69) is 10.2 Å². The van der Waals surface area contributed by atoms with Crippen molar-refractivity contribution in [3.63, 3.8) is 0 Å². The highest BCUT2D eigenvalue weighted by Crippen LogP contribution is 2.43. The van der Waals surface area contributed by atoms with Gasteiger partial charge in [-0.15, -0.1) is 0 Å². The van der Waals surface area contributed by atoms with Crippen molar-refractivity contribution in [1.82, 2.24) is 10.4 Å². The fourth-order valence-corrected chi connectivity index (χ4v) is 3.94. The predicted octanol–water partition coefficient (Wildman–Crippen LogP) is 4.05. The number of amides is 1. The van der Waals surface area contributed by atoms with Gasteiger partial charge in [-0.25, -0.2) is 13.6 Å². The average molecular weight is 446 g/mol. The van der Waals surface area contributed by atoms with Crippen LogP contribution in [0.1, 0.15) is 53.9 Å². The van der Waals surface area contributed by atoms with Crippen LogP contribution in [-0.4, -0.2) is 48.2 Å². The van der Waals surface area contributed by atoms with Crippen molar-refractivity contribution in [3.05, 3.63) is 35.4 Å². The third-order valence-electron chi connectivity index (χ3n) is 5.97. The quantitative estimate of drug-likeness (QED) is 0.507. The van der Waals surface area contributed by atoms with Gasteiger partial charge in [0.15, 0.2) is 0 Å². The van der Waals surface area contributed by atoms with Gasteiger partial charge in [-0.3, -0.25) is 4.79 Å². The standard InChI is InChI=1S/C21H23F5N2O3/c22-20(23)8-13(9-20)11-28(31-19(30)21(24,25)26)18(29)15-3-1-2-14(6-15)16-7-17(16)27-10-12-4-5-12/h1-3,6,12-13,16-17,27H,4-5,7-11H2. The number of carbonyl (C=O) groups excluding carboxylic acids is 2. The van der Waals surface area contributed by atoms with Crippen LogP contribution < -0.4 is 5.32 Å². The molecule has 3 fully saturated rings. The molecule has 4 rings (SSSR count). The number of hydroxylamine groups is 2. The van der Waals surface area contributed by atoms with Gasteiger partial charge in [0.25, 0.3) is 5.91 Å². The zero-order chi connectivity index (χ0) is 22.4. The fourth-order valence-electron chi connectivity index (χ4n) is 3.94. The van der Waals surface area contributed by atoms with Crippen LogP contribution in [-0.2, 0) is 9.63 Å². The van der Waals surface area contributed by atoms with E-state index < -0.39 is 49.3 Å². The second-order valence-electron chi connectivity index (χ2n) is 8.80. The van der Waals surface area contributed by atoms with E-state index in [1.54, 1.807) is 12.1 Å². The Labute approximate surface area is 175 Å². The number of carbonyl (C=O) groups is 2. The van der Waals surface area contributed by atoms with Crippen molar-refractivity contribution < 1.29 is 36.4 Å². The second-order valence-corrected chi connectivity index (χ2v) is 8.80. The van der Waals surface area contributed by atoms with Crippen molar-refractivity contribution in [3.8, 4) is 0 Å². The first-order valence-corrected chi connectivity index (χ1v) is 10.3. The van der Waals surface area contributed by atoms with E-state index in [-0.39, 0.29) is 16.5 Å². The maximum absolute atomic E-state index is 13.1. The van der Waals surface area contributed by atoms with Crippen LogP contribution in [0.15, 0.2) is 24.3 Å². The van der Waals surface area contributed by atoms with Crippen molar-refractivity contribution in [2.24, 2.45) is 11.8 Å². The maximum Gasteiger partial charge on any atom is 0.493 e. The molecule has 3 aliphatic carbocycles. The van der Waals surface area contributed by atoms with Crippen LogP contribution >= 0.6 is 0 Å². The molecule has 3 saturated carbocycles. The zero-order valence-corrected chi connectivity index (χ0v) is 16.6. The molecule has 0 aromatic heterocycles. The number of rotatable bonds is 7. The summed E-state index contributed by atoms with van der Waals surface area (Å²) in [5.74, 6) is -6.26. The van der Waals surface area contributed by atoms with Gasteiger partial charge in [-0.05, 0) is 55.3 Å². The number of nitrogens with zero attached hydrogens (tertiary/aromatic N) is 1. The summed E-state index contributed by atoms with van der Waals surface area (Å²) in [4.78, 5) is 28.4. The molecule has 0 heterocycles. The largest absolute Gasteiger partial charge is 0.493 e. The minimum atomic E-state index is -5.31. The van der Waals surface area contributed by atoms with E-state index in [9.17, 15) is 31.5 Å². The van der Waals surface area contributed by atoms with E-state index in [4.69, 9.17) is 0 Å². The molecular formula is C21H23F5N2O3.